The van der Waals surface area contributed by atoms with E-state index in [1.807, 2.05) is 6.07 Å². The van der Waals surface area contributed by atoms with Crippen LogP contribution in [0.2, 0.25) is 5.02 Å². The predicted octanol–water partition coefficient (Wildman–Crippen LogP) is 3.87. The van der Waals surface area contributed by atoms with Crippen molar-refractivity contribution in [3.63, 3.8) is 0 Å². The number of anilines is 1. The van der Waals surface area contributed by atoms with Crippen molar-refractivity contribution in [2.45, 2.75) is 39.2 Å². The molecule has 0 saturated carbocycles. The minimum atomic E-state index is -0.362. The van der Waals surface area contributed by atoms with E-state index < -0.39 is 0 Å². The van der Waals surface area contributed by atoms with E-state index in [2.05, 4.69) is 25.2 Å². The first-order chi connectivity index (χ1) is 12.6. The molecule has 0 atom stereocenters. The van der Waals surface area contributed by atoms with Gasteiger partial charge in [0.25, 0.3) is 5.91 Å². The van der Waals surface area contributed by atoms with Crippen LogP contribution in [0.5, 0.6) is 0 Å². The Morgan fingerprint density at radius 3 is 2.92 bits per heavy atom. The topological polar surface area (TPSA) is 85.8 Å². The first-order valence-corrected chi connectivity index (χ1v) is 8.96. The molecule has 1 aromatic carbocycles. The van der Waals surface area contributed by atoms with E-state index in [0.29, 0.717) is 16.4 Å². The van der Waals surface area contributed by atoms with Crippen molar-refractivity contribution in [3.05, 3.63) is 46.6 Å². The van der Waals surface area contributed by atoms with Crippen molar-refractivity contribution in [1.82, 2.24) is 19.9 Å². The number of nitrogens with one attached hydrogen (secondary N) is 1. The van der Waals surface area contributed by atoms with E-state index in [0.717, 1.165) is 43.0 Å². The van der Waals surface area contributed by atoms with Crippen molar-refractivity contribution in [3.8, 4) is 11.4 Å². The highest BCUT2D eigenvalue weighted by Crippen LogP contribution is 2.31. The Bertz CT molecular complexity index is 962. The number of fused-ring (bicyclic) bond motifs is 1. The summed E-state index contributed by atoms with van der Waals surface area (Å²) in [5, 5.41) is 15.8. The Morgan fingerprint density at radius 2 is 2.12 bits per heavy atom. The second-order valence-electron chi connectivity index (χ2n) is 6.38. The summed E-state index contributed by atoms with van der Waals surface area (Å²) in [7, 11) is 0. The molecule has 8 heteroatoms. The van der Waals surface area contributed by atoms with E-state index in [4.69, 9.17) is 16.1 Å². The SMILES string of the molecule is Cc1cc(C(=O)Nc2ccc(Cl)c(-c3nnc4n3CCCCC4)c2)on1. The van der Waals surface area contributed by atoms with Gasteiger partial charge in [-0.2, -0.15) is 0 Å². The zero-order valence-corrected chi connectivity index (χ0v) is 15.1. The van der Waals surface area contributed by atoms with Crippen LogP contribution in [0.15, 0.2) is 28.8 Å². The summed E-state index contributed by atoms with van der Waals surface area (Å²) in [5.41, 5.74) is 2.01. The lowest BCUT2D eigenvalue weighted by atomic mass is 10.1. The number of aryl methyl sites for hydroxylation is 2. The maximum atomic E-state index is 12.3. The Labute approximate surface area is 155 Å². The molecular formula is C18H18ClN5O2. The molecule has 26 heavy (non-hydrogen) atoms. The van der Waals surface area contributed by atoms with Gasteiger partial charge in [0.2, 0.25) is 5.76 Å². The zero-order valence-electron chi connectivity index (χ0n) is 14.3. The van der Waals surface area contributed by atoms with Gasteiger partial charge in [-0.25, -0.2) is 0 Å². The smallest absolute Gasteiger partial charge is 0.294 e. The molecule has 0 aliphatic carbocycles. The van der Waals surface area contributed by atoms with Crippen molar-refractivity contribution >= 4 is 23.2 Å². The Hall–Kier alpha value is -2.67. The summed E-state index contributed by atoms with van der Waals surface area (Å²) in [6.45, 7) is 2.64. The molecular weight excluding hydrogens is 354 g/mol. The lowest BCUT2D eigenvalue weighted by Gasteiger charge is -2.10. The molecule has 0 fully saturated rings. The average Bonchev–Trinajstić information content (AvgIpc) is 3.16. The van der Waals surface area contributed by atoms with Crippen LogP contribution in [0.3, 0.4) is 0 Å². The van der Waals surface area contributed by atoms with Crippen molar-refractivity contribution in [1.29, 1.82) is 0 Å². The van der Waals surface area contributed by atoms with E-state index in [9.17, 15) is 4.79 Å². The third kappa shape index (κ3) is 3.22. The number of amides is 1. The molecule has 7 nitrogen and oxygen atoms in total. The van der Waals surface area contributed by atoms with Crippen molar-refractivity contribution in [2.24, 2.45) is 0 Å². The molecule has 0 radical (unpaired) electrons. The van der Waals surface area contributed by atoms with E-state index in [-0.39, 0.29) is 11.7 Å². The van der Waals surface area contributed by atoms with Crippen LogP contribution in [-0.4, -0.2) is 25.8 Å². The minimum absolute atomic E-state index is 0.162. The van der Waals surface area contributed by atoms with Crippen LogP contribution in [-0.2, 0) is 13.0 Å². The first-order valence-electron chi connectivity index (χ1n) is 8.58. The first kappa shape index (κ1) is 16.8. The summed E-state index contributed by atoms with van der Waals surface area (Å²) >= 11 is 6.41. The van der Waals surface area contributed by atoms with Crippen LogP contribution in [0.1, 0.15) is 41.3 Å². The van der Waals surface area contributed by atoms with Gasteiger partial charge in [-0.3, -0.25) is 4.79 Å². The van der Waals surface area contributed by atoms with Crippen molar-refractivity contribution < 1.29 is 9.32 Å². The maximum Gasteiger partial charge on any atom is 0.294 e. The summed E-state index contributed by atoms with van der Waals surface area (Å²) in [4.78, 5) is 12.3. The molecule has 3 aromatic rings. The fourth-order valence-corrected chi connectivity index (χ4v) is 3.32. The lowest BCUT2D eigenvalue weighted by Crippen LogP contribution is -2.11. The summed E-state index contributed by atoms with van der Waals surface area (Å²) in [6.07, 6.45) is 4.32. The summed E-state index contributed by atoms with van der Waals surface area (Å²) < 4.78 is 7.12. The molecule has 1 aliphatic rings. The number of benzene rings is 1. The molecule has 0 spiro atoms. The molecule has 3 heterocycles. The highest BCUT2D eigenvalue weighted by atomic mass is 35.5. The molecule has 2 aromatic heterocycles. The van der Waals surface area contributed by atoms with Crippen molar-refractivity contribution in [2.75, 3.05) is 5.32 Å². The highest BCUT2D eigenvalue weighted by Gasteiger charge is 2.19. The minimum Gasteiger partial charge on any atom is -0.351 e. The third-order valence-electron chi connectivity index (χ3n) is 4.43. The van der Waals surface area contributed by atoms with Gasteiger partial charge in [0, 0.05) is 30.3 Å². The monoisotopic (exact) mass is 371 g/mol. The number of carbonyl (C=O) groups excluding carboxylic acids is 1. The molecule has 1 amide bonds. The van der Waals surface area contributed by atoms with Gasteiger partial charge in [-0.1, -0.05) is 23.2 Å². The van der Waals surface area contributed by atoms with Crippen LogP contribution in [0.4, 0.5) is 5.69 Å². The zero-order chi connectivity index (χ0) is 18.1. The second-order valence-corrected chi connectivity index (χ2v) is 6.79. The maximum absolute atomic E-state index is 12.3. The van der Waals surface area contributed by atoms with Gasteiger partial charge in [0.1, 0.15) is 5.82 Å². The molecule has 0 bridgehead atoms. The fourth-order valence-electron chi connectivity index (χ4n) is 3.12. The summed E-state index contributed by atoms with van der Waals surface area (Å²) in [6, 6.07) is 6.89. The number of hydrogen-bond acceptors (Lipinski definition) is 5. The number of aromatic nitrogens is 4. The average molecular weight is 372 g/mol. The van der Waals surface area contributed by atoms with Gasteiger partial charge in [-0.05, 0) is 38.0 Å². The lowest BCUT2D eigenvalue weighted by molar-refractivity contribution is 0.0988. The van der Waals surface area contributed by atoms with Crippen LogP contribution in [0, 0.1) is 6.92 Å². The molecule has 1 N–H and O–H groups in total. The predicted molar refractivity (Wildman–Crippen MR) is 97.2 cm³/mol. The van der Waals surface area contributed by atoms with Crippen LogP contribution in [0.25, 0.3) is 11.4 Å². The van der Waals surface area contributed by atoms with Gasteiger partial charge < -0.3 is 14.4 Å². The third-order valence-corrected chi connectivity index (χ3v) is 4.76. The largest absolute Gasteiger partial charge is 0.351 e. The number of halogens is 1. The number of carbonyl (C=O) groups is 1. The highest BCUT2D eigenvalue weighted by molar-refractivity contribution is 6.33. The molecule has 0 unspecified atom stereocenters. The van der Waals surface area contributed by atoms with Crippen LogP contribution >= 0.6 is 11.6 Å². The van der Waals surface area contributed by atoms with Gasteiger partial charge in [0.05, 0.1) is 10.7 Å². The van der Waals surface area contributed by atoms with Crippen LogP contribution < -0.4 is 5.32 Å². The molecule has 1 aliphatic heterocycles. The Morgan fingerprint density at radius 1 is 1.23 bits per heavy atom. The van der Waals surface area contributed by atoms with E-state index >= 15 is 0 Å². The van der Waals surface area contributed by atoms with E-state index in [1.165, 1.54) is 6.42 Å². The Kier molecular flexibility index (Phi) is 4.46. The van der Waals surface area contributed by atoms with Gasteiger partial charge in [0.15, 0.2) is 5.82 Å². The molecule has 0 saturated heterocycles. The summed E-state index contributed by atoms with van der Waals surface area (Å²) in [5.74, 6) is 1.52. The molecule has 134 valence electrons. The standard InChI is InChI=1S/C18H18ClN5O2/c1-11-9-15(26-23-11)18(25)20-12-6-7-14(19)13(10-12)17-22-21-16-5-3-2-4-8-24(16)17/h6-7,9-10H,2-5,8H2,1H3,(H,20,25). The second kappa shape index (κ2) is 6.92. The van der Waals surface area contributed by atoms with Gasteiger partial charge in [-0.15, -0.1) is 10.2 Å². The van der Waals surface area contributed by atoms with Gasteiger partial charge >= 0.3 is 0 Å². The molecule has 4 rings (SSSR count). The Balaban J connectivity index is 1.65. The quantitative estimate of drug-likeness (QED) is 0.755. The number of hydrogen-bond donors (Lipinski definition) is 1. The fraction of sp³-hybridized carbons (Fsp3) is 0.333. The van der Waals surface area contributed by atoms with E-state index in [1.54, 1.807) is 25.1 Å². The number of rotatable bonds is 3. The number of nitrogens with zero attached hydrogens (tertiary/aromatic N) is 4. The normalized spacial score (nSPS) is 13.9.